The molecule has 1 aromatic rings. The van der Waals surface area contributed by atoms with E-state index in [4.69, 9.17) is 10.5 Å². The van der Waals surface area contributed by atoms with Crippen LogP contribution < -0.4 is 21.1 Å². The number of primary amides is 1. The molecule has 6 nitrogen and oxygen atoms in total. The van der Waals surface area contributed by atoms with E-state index in [0.717, 1.165) is 28.6 Å². The lowest BCUT2D eigenvalue weighted by molar-refractivity contribution is -0.121. The van der Waals surface area contributed by atoms with Crippen molar-refractivity contribution in [3.63, 3.8) is 0 Å². The molecule has 0 aromatic heterocycles. The van der Waals surface area contributed by atoms with Crippen molar-refractivity contribution in [2.75, 3.05) is 13.2 Å². The van der Waals surface area contributed by atoms with Crippen molar-refractivity contribution < 1.29 is 14.3 Å². The van der Waals surface area contributed by atoms with Gasteiger partial charge in [-0.1, -0.05) is 22.9 Å². The molecule has 0 heterocycles. The third-order valence-corrected chi connectivity index (χ3v) is 3.13. The minimum Gasteiger partial charge on any atom is -0.483 e. The summed E-state index contributed by atoms with van der Waals surface area (Å²) in [6.45, 7) is 5.26. The average molecular weight is 358 g/mol. The molecule has 3 amide bonds. The molecular weight excluding hydrogens is 338 g/mol. The van der Waals surface area contributed by atoms with Crippen LogP contribution in [0, 0.1) is 6.92 Å². The van der Waals surface area contributed by atoms with E-state index in [1.54, 1.807) is 0 Å². The first-order valence-electron chi connectivity index (χ1n) is 6.65. The van der Waals surface area contributed by atoms with Crippen LogP contribution >= 0.6 is 15.9 Å². The van der Waals surface area contributed by atoms with Crippen molar-refractivity contribution in [3.8, 4) is 5.75 Å². The summed E-state index contributed by atoms with van der Waals surface area (Å²) in [5.41, 5.74) is 6.73. The number of imide groups is 1. The highest BCUT2D eigenvalue weighted by atomic mass is 79.9. The Morgan fingerprint density at radius 2 is 2.10 bits per heavy atom. The second-order valence-corrected chi connectivity index (χ2v) is 5.50. The number of benzene rings is 1. The van der Waals surface area contributed by atoms with Crippen LogP contribution in [0.5, 0.6) is 5.75 Å². The predicted molar refractivity (Wildman–Crippen MR) is 84.1 cm³/mol. The zero-order valence-corrected chi connectivity index (χ0v) is 13.7. The van der Waals surface area contributed by atoms with Crippen LogP contribution in [0.25, 0.3) is 0 Å². The van der Waals surface area contributed by atoms with E-state index >= 15 is 0 Å². The summed E-state index contributed by atoms with van der Waals surface area (Å²) in [5.74, 6) is 0.0682. The third kappa shape index (κ3) is 6.14. The lowest BCUT2D eigenvalue weighted by Gasteiger charge is -2.15. The maximum absolute atomic E-state index is 11.4. The highest BCUT2D eigenvalue weighted by molar-refractivity contribution is 9.10. The van der Waals surface area contributed by atoms with E-state index in [-0.39, 0.29) is 6.61 Å². The van der Waals surface area contributed by atoms with Crippen molar-refractivity contribution in [2.45, 2.75) is 26.8 Å². The van der Waals surface area contributed by atoms with Gasteiger partial charge in [0.25, 0.3) is 5.91 Å². The highest BCUT2D eigenvalue weighted by Gasteiger charge is 2.12. The zero-order chi connectivity index (χ0) is 15.8. The van der Waals surface area contributed by atoms with Gasteiger partial charge in [-0.2, -0.15) is 0 Å². The fourth-order valence-corrected chi connectivity index (χ4v) is 2.47. The Bertz CT molecular complexity index is 520. The Morgan fingerprint density at radius 3 is 2.71 bits per heavy atom. The fraction of sp³-hybridized carbons (Fsp3) is 0.429. The van der Waals surface area contributed by atoms with Gasteiger partial charge >= 0.3 is 6.03 Å². The van der Waals surface area contributed by atoms with Crippen molar-refractivity contribution in [1.82, 2.24) is 10.6 Å². The molecule has 1 aromatic carbocycles. The van der Waals surface area contributed by atoms with Crippen LogP contribution in [0.4, 0.5) is 4.79 Å². The van der Waals surface area contributed by atoms with Gasteiger partial charge in [0.05, 0.1) is 0 Å². The number of urea groups is 1. The highest BCUT2D eigenvalue weighted by Crippen LogP contribution is 2.28. The predicted octanol–water partition coefficient (Wildman–Crippen LogP) is 1.83. The molecule has 0 bridgehead atoms. The van der Waals surface area contributed by atoms with Crippen LogP contribution in [0.2, 0.25) is 0 Å². The maximum atomic E-state index is 11.4. The molecule has 0 aliphatic heterocycles. The van der Waals surface area contributed by atoms with E-state index in [2.05, 4.69) is 28.2 Å². The van der Waals surface area contributed by atoms with Gasteiger partial charge in [0.1, 0.15) is 5.75 Å². The number of amides is 3. The van der Waals surface area contributed by atoms with E-state index in [1.165, 1.54) is 0 Å². The molecule has 0 spiro atoms. The monoisotopic (exact) mass is 357 g/mol. The van der Waals surface area contributed by atoms with Gasteiger partial charge in [0, 0.05) is 16.6 Å². The fourth-order valence-electron chi connectivity index (χ4n) is 1.85. The summed E-state index contributed by atoms with van der Waals surface area (Å²) in [5, 5.41) is 5.26. The lowest BCUT2D eigenvalue weighted by atomic mass is 10.1. The van der Waals surface area contributed by atoms with Crippen molar-refractivity contribution in [1.29, 1.82) is 0 Å². The van der Waals surface area contributed by atoms with Crippen LogP contribution in [-0.4, -0.2) is 25.1 Å². The number of nitrogens with two attached hydrogens (primary N) is 1. The summed E-state index contributed by atoms with van der Waals surface area (Å²) in [4.78, 5) is 22.0. The Labute approximate surface area is 132 Å². The Morgan fingerprint density at radius 1 is 1.38 bits per heavy atom. The number of carbonyl (C=O) groups excluding carboxylic acids is 2. The van der Waals surface area contributed by atoms with Gasteiger partial charge in [-0.3, -0.25) is 10.1 Å². The molecule has 0 saturated carbocycles. The van der Waals surface area contributed by atoms with Crippen LogP contribution in [0.3, 0.4) is 0 Å². The van der Waals surface area contributed by atoms with Crippen LogP contribution in [-0.2, 0) is 11.3 Å². The van der Waals surface area contributed by atoms with Gasteiger partial charge in [-0.15, -0.1) is 0 Å². The number of aryl methyl sites for hydroxylation is 1. The van der Waals surface area contributed by atoms with Gasteiger partial charge < -0.3 is 15.8 Å². The molecule has 0 aliphatic carbocycles. The zero-order valence-electron chi connectivity index (χ0n) is 12.2. The van der Waals surface area contributed by atoms with E-state index < -0.39 is 11.9 Å². The smallest absolute Gasteiger partial charge is 0.318 e. The minimum absolute atomic E-state index is 0.258. The third-order valence-electron chi connectivity index (χ3n) is 2.67. The number of nitrogens with one attached hydrogen (secondary N) is 2. The number of rotatable bonds is 7. The van der Waals surface area contributed by atoms with Crippen molar-refractivity contribution >= 4 is 27.9 Å². The van der Waals surface area contributed by atoms with E-state index in [0.29, 0.717) is 12.3 Å². The van der Waals surface area contributed by atoms with Gasteiger partial charge in [0.15, 0.2) is 6.61 Å². The summed E-state index contributed by atoms with van der Waals surface area (Å²) in [6.07, 6.45) is 1.03. The van der Waals surface area contributed by atoms with E-state index in [9.17, 15) is 9.59 Å². The molecule has 4 N–H and O–H groups in total. The molecule has 0 atom stereocenters. The molecular formula is C14H20BrN3O3. The number of hydrogen-bond acceptors (Lipinski definition) is 4. The maximum Gasteiger partial charge on any atom is 0.318 e. The molecule has 0 radical (unpaired) electrons. The first-order valence-corrected chi connectivity index (χ1v) is 7.45. The number of ether oxygens (including phenoxy) is 1. The SMILES string of the molecule is CCCNCc1cc(Br)cc(C)c1OCC(=O)NC(N)=O. The van der Waals surface area contributed by atoms with Gasteiger partial charge in [-0.05, 0) is 37.6 Å². The Hall–Kier alpha value is -1.60. The Kier molecular flexibility index (Phi) is 7.18. The first kappa shape index (κ1) is 17.5. The lowest BCUT2D eigenvalue weighted by Crippen LogP contribution is -2.38. The molecule has 116 valence electrons. The van der Waals surface area contributed by atoms with Gasteiger partial charge in [0.2, 0.25) is 0 Å². The standard InChI is InChI=1S/C14H20BrN3O3/c1-3-4-17-7-10-6-11(15)5-9(2)13(10)21-8-12(19)18-14(16)20/h5-6,17H,3-4,7-8H2,1-2H3,(H3,16,18,19,20). The summed E-state index contributed by atoms with van der Waals surface area (Å²) in [6, 6.07) is 2.96. The molecule has 0 fully saturated rings. The Balaban J connectivity index is 2.78. The average Bonchev–Trinajstić information content (AvgIpc) is 2.36. The van der Waals surface area contributed by atoms with Gasteiger partial charge in [-0.25, -0.2) is 4.79 Å². The molecule has 0 unspecified atom stereocenters. The van der Waals surface area contributed by atoms with Crippen molar-refractivity contribution in [2.24, 2.45) is 5.73 Å². The number of carbonyl (C=O) groups is 2. The quantitative estimate of drug-likeness (QED) is 0.649. The second kappa shape index (κ2) is 8.63. The molecule has 0 saturated heterocycles. The normalized spacial score (nSPS) is 10.2. The van der Waals surface area contributed by atoms with E-state index in [1.807, 2.05) is 24.4 Å². The molecule has 1 rings (SSSR count). The number of halogens is 1. The largest absolute Gasteiger partial charge is 0.483 e. The van der Waals surface area contributed by atoms with Crippen molar-refractivity contribution in [3.05, 3.63) is 27.7 Å². The molecule has 7 heteroatoms. The summed E-state index contributed by atoms with van der Waals surface area (Å²) in [7, 11) is 0. The first-order chi connectivity index (χ1) is 9.93. The number of hydrogen-bond donors (Lipinski definition) is 3. The summed E-state index contributed by atoms with van der Waals surface area (Å²) < 4.78 is 6.48. The van der Waals surface area contributed by atoms with Crippen LogP contribution in [0.15, 0.2) is 16.6 Å². The molecule has 21 heavy (non-hydrogen) atoms. The second-order valence-electron chi connectivity index (χ2n) is 4.59. The topological polar surface area (TPSA) is 93.4 Å². The molecule has 0 aliphatic rings. The van der Waals surface area contributed by atoms with Crippen LogP contribution in [0.1, 0.15) is 24.5 Å². The minimum atomic E-state index is -0.888. The summed E-state index contributed by atoms with van der Waals surface area (Å²) >= 11 is 3.45.